The molecule has 1 heterocycles. The molecule has 30 heavy (non-hydrogen) atoms. The molecule has 1 aliphatic heterocycles. The Balaban J connectivity index is 1.75. The van der Waals surface area contributed by atoms with E-state index in [4.69, 9.17) is 21.3 Å². The summed E-state index contributed by atoms with van der Waals surface area (Å²) in [6, 6.07) is 18.1. The van der Waals surface area contributed by atoms with Crippen LogP contribution in [0.3, 0.4) is 0 Å². The molecule has 0 N–H and O–H groups in total. The number of hydrogen-bond acceptors (Lipinski definition) is 4. The van der Waals surface area contributed by atoms with Crippen molar-refractivity contribution in [3.63, 3.8) is 0 Å². The Bertz CT molecular complexity index is 1050. The Morgan fingerprint density at radius 1 is 1.17 bits per heavy atom. The van der Waals surface area contributed by atoms with E-state index in [9.17, 15) is 0 Å². The number of allylic oxidation sites excluding steroid dienone is 3. The molecule has 0 radical (unpaired) electrons. The average molecular weight is 397 g/mol. The van der Waals surface area contributed by atoms with Gasteiger partial charge in [-0.2, -0.15) is 0 Å². The van der Waals surface area contributed by atoms with Gasteiger partial charge < -0.3 is 14.4 Å². The first-order chi connectivity index (χ1) is 14.5. The van der Waals surface area contributed by atoms with Crippen LogP contribution in [-0.4, -0.2) is 20.3 Å². The molecule has 0 aliphatic carbocycles. The maximum absolute atomic E-state index is 9.12. The van der Waals surface area contributed by atoms with E-state index in [1.807, 2.05) is 68.6 Å². The third kappa shape index (κ3) is 4.90. The van der Waals surface area contributed by atoms with Gasteiger partial charge in [0, 0.05) is 24.8 Å². The van der Waals surface area contributed by atoms with Crippen LogP contribution < -0.4 is 9.64 Å². The SMILES string of the molecule is [C-]#[N+]/C(C#N)=C1C=C(/C=C/c2ccc(N(C)c3ccc(OC)cc3)cc2)OC(C)C\1. The predicted octanol–water partition coefficient (Wildman–Crippen LogP) is 5.87. The summed E-state index contributed by atoms with van der Waals surface area (Å²) in [7, 11) is 3.68. The van der Waals surface area contributed by atoms with Gasteiger partial charge in [0.15, 0.2) is 0 Å². The molecule has 0 fully saturated rings. The highest BCUT2D eigenvalue weighted by molar-refractivity contribution is 5.65. The quantitative estimate of drug-likeness (QED) is 0.468. The lowest BCUT2D eigenvalue weighted by Crippen LogP contribution is -2.13. The highest BCUT2D eigenvalue weighted by Crippen LogP contribution is 2.27. The smallest absolute Gasteiger partial charge is 0.265 e. The van der Waals surface area contributed by atoms with Crippen molar-refractivity contribution >= 4 is 17.5 Å². The van der Waals surface area contributed by atoms with Gasteiger partial charge in [-0.05, 0) is 66.6 Å². The number of nitrogens with zero attached hydrogens (tertiary/aromatic N) is 3. The first-order valence-corrected chi connectivity index (χ1v) is 9.59. The molecular formula is C25H23N3O2. The van der Waals surface area contributed by atoms with Crippen molar-refractivity contribution < 1.29 is 9.47 Å². The lowest BCUT2D eigenvalue weighted by molar-refractivity contribution is 0.133. The molecule has 0 spiro atoms. The van der Waals surface area contributed by atoms with E-state index in [-0.39, 0.29) is 11.8 Å². The van der Waals surface area contributed by atoms with Gasteiger partial charge in [0.05, 0.1) is 25.9 Å². The van der Waals surface area contributed by atoms with Crippen molar-refractivity contribution in [2.75, 3.05) is 19.1 Å². The minimum absolute atomic E-state index is 0.0738. The summed E-state index contributed by atoms with van der Waals surface area (Å²) in [4.78, 5) is 5.41. The van der Waals surface area contributed by atoms with Gasteiger partial charge in [0.25, 0.3) is 5.70 Å². The Morgan fingerprint density at radius 3 is 2.37 bits per heavy atom. The van der Waals surface area contributed by atoms with E-state index >= 15 is 0 Å². The van der Waals surface area contributed by atoms with E-state index in [1.54, 1.807) is 13.2 Å². The molecule has 1 aliphatic rings. The lowest BCUT2D eigenvalue weighted by atomic mass is 10.0. The topological polar surface area (TPSA) is 49.9 Å². The molecule has 5 nitrogen and oxygen atoms in total. The van der Waals surface area contributed by atoms with E-state index in [0.29, 0.717) is 12.2 Å². The summed E-state index contributed by atoms with van der Waals surface area (Å²) in [6.07, 6.45) is 6.10. The fourth-order valence-electron chi connectivity index (χ4n) is 3.21. The molecule has 2 aromatic rings. The molecule has 0 saturated heterocycles. The number of benzene rings is 2. The van der Waals surface area contributed by atoms with Crippen molar-refractivity contribution in [3.8, 4) is 11.8 Å². The summed E-state index contributed by atoms with van der Waals surface area (Å²) in [5, 5.41) is 9.12. The van der Waals surface area contributed by atoms with Crippen LogP contribution in [0.5, 0.6) is 5.75 Å². The number of nitriles is 1. The van der Waals surface area contributed by atoms with Gasteiger partial charge in [0.2, 0.25) is 0 Å². The van der Waals surface area contributed by atoms with Crippen LogP contribution in [0.2, 0.25) is 0 Å². The predicted molar refractivity (Wildman–Crippen MR) is 119 cm³/mol. The number of rotatable bonds is 5. The van der Waals surface area contributed by atoms with Gasteiger partial charge in [-0.25, -0.2) is 10.1 Å². The van der Waals surface area contributed by atoms with Crippen molar-refractivity contribution in [3.05, 3.63) is 94.7 Å². The van der Waals surface area contributed by atoms with E-state index in [1.165, 1.54) is 0 Å². The highest BCUT2D eigenvalue weighted by Gasteiger charge is 2.17. The Labute approximate surface area is 177 Å². The molecule has 3 rings (SSSR count). The van der Waals surface area contributed by atoms with Crippen LogP contribution in [0, 0.1) is 17.9 Å². The van der Waals surface area contributed by atoms with Crippen LogP contribution in [-0.2, 0) is 4.74 Å². The number of hydrogen-bond donors (Lipinski definition) is 0. The van der Waals surface area contributed by atoms with Crippen LogP contribution in [0.25, 0.3) is 10.9 Å². The zero-order chi connectivity index (χ0) is 21.5. The fraction of sp³-hybridized carbons (Fsp3) is 0.200. The maximum atomic E-state index is 9.12. The second kappa shape index (κ2) is 9.49. The number of anilines is 2. The minimum atomic E-state index is -0.0738. The second-order valence-electron chi connectivity index (χ2n) is 6.96. The van der Waals surface area contributed by atoms with E-state index < -0.39 is 0 Å². The van der Waals surface area contributed by atoms with Gasteiger partial charge in [-0.15, -0.1) is 0 Å². The molecule has 0 bridgehead atoms. The van der Waals surface area contributed by atoms with Gasteiger partial charge >= 0.3 is 0 Å². The Hall–Kier alpha value is -3.96. The van der Waals surface area contributed by atoms with Crippen LogP contribution in [0.4, 0.5) is 11.4 Å². The third-order valence-electron chi connectivity index (χ3n) is 4.86. The minimum Gasteiger partial charge on any atom is -0.497 e. The normalized spacial score (nSPS) is 17.4. The van der Waals surface area contributed by atoms with Crippen LogP contribution in [0.1, 0.15) is 18.9 Å². The molecule has 1 atom stereocenters. The lowest BCUT2D eigenvalue weighted by Gasteiger charge is -2.22. The molecule has 0 amide bonds. The summed E-state index contributed by atoms with van der Waals surface area (Å²) in [6.45, 7) is 9.08. The molecule has 0 aromatic heterocycles. The Morgan fingerprint density at radius 2 is 1.80 bits per heavy atom. The average Bonchev–Trinajstić information content (AvgIpc) is 2.78. The summed E-state index contributed by atoms with van der Waals surface area (Å²) in [5.74, 6) is 1.48. The Kier molecular flexibility index (Phi) is 6.57. The van der Waals surface area contributed by atoms with Crippen molar-refractivity contribution in [1.82, 2.24) is 0 Å². The standard InChI is InChI=1S/C25H23N3O2/c1-18-15-20(25(17-26)27-2)16-24(30-18)12-7-19-5-8-21(9-6-19)28(3)22-10-13-23(29-4)14-11-22/h5-14,16,18H,15H2,1,3-4H3/b12-7+,25-20-. The van der Waals surface area contributed by atoms with Crippen LogP contribution in [0.15, 0.2) is 77.7 Å². The van der Waals surface area contributed by atoms with Crippen molar-refractivity contribution in [2.45, 2.75) is 19.4 Å². The molecule has 150 valence electrons. The third-order valence-corrected chi connectivity index (χ3v) is 4.86. The van der Waals surface area contributed by atoms with Crippen molar-refractivity contribution in [1.29, 1.82) is 5.26 Å². The molecule has 2 aromatic carbocycles. The largest absolute Gasteiger partial charge is 0.497 e. The first-order valence-electron chi connectivity index (χ1n) is 9.59. The first kappa shape index (κ1) is 20.8. The summed E-state index contributed by atoms with van der Waals surface area (Å²) in [5.41, 5.74) is 4.02. The van der Waals surface area contributed by atoms with Gasteiger partial charge in [-0.1, -0.05) is 18.2 Å². The second-order valence-corrected chi connectivity index (χ2v) is 6.96. The molecule has 1 unspecified atom stereocenters. The van der Waals surface area contributed by atoms with Crippen LogP contribution >= 0.6 is 0 Å². The number of ether oxygens (including phenoxy) is 2. The maximum Gasteiger partial charge on any atom is 0.265 e. The van der Waals surface area contributed by atoms with Crippen molar-refractivity contribution in [2.24, 2.45) is 0 Å². The highest BCUT2D eigenvalue weighted by atomic mass is 16.5. The summed E-state index contributed by atoms with van der Waals surface area (Å²) < 4.78 is 11.0. The monoisotopic (exact) mass is 397 g/mol. The molecule has 5 heteroatoms. The van der Waals surface area contributed by atoms with Gasteiger partial charge in [-0.3, -0.25) is 0 Å². The van der Waals surface area contributed by atoms with E-state index in [0.717, 1.165) is 28.3 Å². The zero-order valence-corrected chi connectivity index (χ0v) is 17.3. The molecule has 0 saturated carbocycles. The summed E-state index contributed by atoms with van der Waals surface area (Å²) >= 11 is 0. The molecular weight excluding hydrogens is 374 g/mol. The zero-order valence-electron chi connectivity index (χ0n) is 17.3. The van der Waals surface area contributed by atoms with E-state index in [2.05, 4.69) is 21.9 Å². The number of methoxy groups -OCH3 is 1. The fourth-order valence-corrected chi connectivity index (χ4v) is 3.21. The van der Waals surface area contributed by atoms with Gasteiger partial charge in [0.1, 0.15) is 11.5 Å².